The first kappa shape index (κ1) is 13.9. The van der Waals surface area contributed by atoms with Crippen molar-refractivity contribution in [1.29, 1.82) is 0 Å². The van der Waals surface area contributed by atoms with Crippen molar-refractivity contribution in [3.8, 4) is 5.75 Å². The molecule has 2 heterocycles. The molecule has 0 aromatic heterocycles. The highest BCUT2D eigenvalue weighted by atomic mass is 16.5. The van der Waals surface area contributed by atoms with Gasteiger partial charge in [-0.3, -0.25) is 9.59 Å². The Bertz CT molecular complexity index is 553. The van der Waals surface area contributed by atoms with Crippen molar-refractivity contribution in [3.05, 3.63) is 23.8 Å². The third-order valence-corrected chi connectivity index (χ3v) is 3.59. The van der Waals surface area contributed by atoms with Gasteiger partial charge >= 0.3 is 0 Å². The molecule has 2 N–H and O–H groups in total. The first-order valence-corrected chi connectivity index (χ1v) is 7.14. The summed E-state index contributed by atoms with van der Waals surface area (Å²) in [4.78, 5) is 23.2. The predicted octanol–water partition coefficient (Wildman–Crippen LogP) is 0.855. The molecule has 0 aliphatic carbocycles. The van der Waals surface area contributed by atoms with Crippen molar-refractivity contribution < 1.29 is 19.1 Å². The molecule has 0 spiro atoms. The lowest BCUT2D eigenvalue weighted by molar-refractivity contribution is -0.121. The third-order valence-electron chi connectivity index (χ3n) is 3.59. The Kier molecular flexibility index (Phi) is 4.06. The molecular formula is C15H18N2O4. The first-order chi connectivity index (χ1) is 10.2. The van der Waals surface area contributed by atoms with Gasteiger partial charge in [0.25, 0.3) is 5.91 Å². The summed E-state index contributed by atoms with van der Waals surface area (Å²) in [5.41, 5.74) is 1.46. The molecule has 2 amide bonds. The van der Waals surface area contributed by atoms with E-state index in [2.05, 4.69) is 10.6 Å². The number of carbonyl (C=O) groups is 2. The van der Waals surface area contributed by atoms with Crippen molar-refractivity contribution in [1.82, 2.24) is 5.32 Å². The van der Waals surface area contributed by atoms with Gasteiger partial charge < -0.3 is 20.1 Å². The second-order valence-corrected chi connectivity index (χ2v) is 5.28. The number of rotatable bonds is 4. The first-order valence-electron chi connectivity index (χ1n) is 7.14. The third kappa shape index (κ3) is 3.52. The fourth-order valence-corrected chi connectivity index (χ4v) is 2.52. The smallest absolute Gasteiger partial charge is 0.262 e. The van der Waals surface area contributed by atoms with E-state index in [0.29, 0.717) is 18.0 Å². The molecule has 0 saturated carbocycles. The molecule has 112 valence electrons. The van der Waals surface area contributed by atoms with Gasteiger partial charge in [0.2, 0.25) is 5.91 Å². The zero-order valence-electron chi connectivity index (χ0n) is 11.7. The van der Waals surface area contributed by atoms with Crippen molar-refractivity contribution in [3.63, 3.8) is 0 Å². The average Bonchev–Trinajstić information content (AvgIpc) is 2.98. The number of hydrogen-bond acceptors (Lipinski definition) is 4. The number of ether oxygens (including phenoxy) is 2. The maximum atomic E-state index is 11.9. The molecule has 3 rings (SSSR count). The lowest BCUT2D eigenvalue weighted by Crippen LogP contribution is -2.32. The van der Waals surface area contributed by atoms with Crippen LogP contribution < -0.4 is 15.4 Å². The number of nitrogens with one attached hydrogen (secondary N) is 2. The van der Waals surface area contributed by atoms with E-state index >= 15 is 0 Å². The average molecular weight is 290 g/mol. The molecule has 6 heteroatoms. The van der Waals surface area contributed by atoms with Crippen molar-refractivity contribution in [2.45, 2.75) is 25.4 Å². The fourth-order valence-electron chi connectivity index (χ4n) is 2.52. The highest BCUT2D eigenvalue weighted by Gasteiger charge is 2.18. The van der Waals surface area contributed by atoms with E-state index < -0.39 is 0 Å². The van der Waals surface area contributed by atoms with E-state index in [-0.39, 0.29) is 30.9 Å². The SMILES string of the molecule is O=C(Cc1ccc2c(c1)NC(=O)CO2)NCC1CCCO1. The number of amides is 2. The van der Waals surface area contributed by atoms with Gasteiger partial charge in [0.1, 0.15) is 5.75 Å². The molecular weight excluding hydrogens is 272 g/mol. The van der Waals surface area contributed by atoms with Crippen LogP contribution in [0.3, 0.4) is 0 Å². The van der Waals surface area contributed by atoms with Crippen LogP contribution in [0.4, 0.5) is 5.69 Å². The summed E-state index contributed by atoms with van der Waals surface area (Å²) in [6, 6.07) is 5.39. The standard InChI is InChI=1S/C15H18N2O4/c18-14(16-8-11-2-1-5-20-11)7-10-3-4-13-12(6-10)17-15(19)9-21-13/h3-4,6,11H,1-2,5,7-9H2,(H,16,18)(H,17,19). The molecule has 1 aromatic rings. The lowest BCUT2D eigenvalue weighted by atomic mass is 10.1. The maximum Gasteiger partial charge on any atom is 0.262 e. The van der Waals surface area contributed by atoms with Gasteiger partial charge in [0.05, 0.1) is 18.2 Å². The van der Waals surface area contributed by atoms with Gasteiger partial charge in [-0.2, -0.15) is 0 Å². The van der Waals surface area contributed by atoms with E-state index in [9.17, 15) is 9.59 Å². The fraction of sp³-hybridized carbons (Fsp3) is 0.467. The number of anilines is 1. The zero-order chi connectivity index (χ0) is 14.7. The van der Waals surface area contributed by atoms with E-state index in [0.717, 1.165) is 25.0 Å². The Balaban J connectivity index is 1.55. The zero-order valence-corrected chi connectivity index (χ0v) is 11.7. The van der Waals surface area contributed by atoms with Crippen LogP contribution in [0.5, 0.6) is 5.75 Å². The van der Waals surface area contributed by atoms with Crippen LogP contribution in [0.1, 0.15) is 18.4 Å². The maximum absolute atomic E-state index is 11.9. The van der Waals surface area contributed by atoms with E-state index in [1.165, 1.54) is 0 Å². The number of hydrogen-bond donors (Lipinski definition) is 2. The lowest BCUT2D eigenvalue weighted by Gasteiger charge is -2.18. The molecule has 1 atom stereocenters. The predicted molar refractivity (Wildman–Crippen MR) is 76.3 cm³/mol. The summed E-state index contributed by atoms with van der Waals surface area (Å²) in [5.74, 6) is 0.411. The quantitative estimate of drug-likeness (QED) is 0.862. The van der Waals surface area contributed by atoms with Crippen LogP contribution in [-0.2, 0) is 20.7 Å². The van der Waals surface area contributed by atoms with E-state index in [4.69, 9.17) is 9.47 Å². The minimum atomic E-state index is -0.178. The topological polar surface area (TPSA) is 76.7 Å². The molecule has 2 aliphatic rings. The molecule has 1 saturated heterocycles. The number of carbonyl (C=O) groups excluding carboxylic acids is 2. The van der Waals surface area contributed by atoms with Gasteiger partial charge in [0.15, 0.2) is 6.61 Å². The molecule has 6 nitrogen and oxygen atoms in total. The summed E-state index contributed by atoms with van der Waals surface area (Å²) in [5, 5.41) is 5.61. The summed E-state index contributed by atoms with van der Waals surface area (Å²) in [7, 11) is 0. The van der Waals surface area contributed by atoms with Crippen molar-refractivity contribution >= 4 is 17.5 Å². The Morgan fingerprint density at radius 3 is 3.14 bits per heavy atom. The molecule has 0 radical (unpaired) electrons. The van der Waals surface area contributed by atoms with Gasteiger partial charge in [-0.1, -0.05) is 6.07 Å². The Morgan fingerprint density at radius 2 is 2.33 bits per heavy atom. The Morgan fingerprint density at radius 1 is 1.43 bits per heavy atom. The second-order valence-electron chi connectivity index (χ2n) is 5.28. The van der Waals surface area contributed by atoms with Crippen LogP contribution in [0.15, 0.2) is 18.2 Å². The Labute approximate surface area is 122 Å². The molecule has 1 aromatic carbocycles. The van der Waals surface area contributed by atoms with Gasteiger partial charge in [-0.05, 0) is 30.5 Å². The molecule has 1 unspecified atom stereocenters. The van der Waals surface area contributed by atoms with Gasteiger partial charge in [0, 0.05) is 13.2 Å². The summed E-state index contributed by atoms with van der Waals surface area (Å²) in [6.07, 6.45) is 2.48. The van der Waals surface area contributed by atoms with Crippen molar-refractivity contribution in [2.24, 2.45) is 0 Å². The highest BCUT2D eigenvalue weighted by Crippen LogP contribution is 2.28. The molecule has 21 heavy (non-hydrogen) atoms. The van der Waals surface area contributed by atoms with E-state index in [1.807, 2.05) is 6.07 Å². The molecule has 2 aliphatic heterocycles. The number of benzene rings is 1. The monoisotopic (exact) mass is 290 g/mol. The minimum Gasteiger partial charge on any atom is -0.482 e. The highest BCUT2D eigenvalue weighted by molar-refractivity contribution is 5.95. The van der Waals surface area contributed by atoms with Gasteiger partial charge in [-0.25, -0.2) is 0 Å². The summed E-state index contributed by atoms with van der Waals surface area (Å²) < 4.78 is 10.7. The summed E-state index contributed by atoms with van der Waals surface area (Å²) >= 11 is 0. The minimum absolute atomic E-state index is 0.0359. The molecule has 0 bridgehead atoms. The van der Waals surface area contributed by atoms with Crippen LogP contribution in [0.2, 0.25) is 0 Å². The van der Waals surface area contributed by atoms with Crippen molar-refractivity contribution in [2.75, 3.05) is 25.1 Å². The molecule has 1 fully saturated rings. The largest absolute Gasteiger partial charge is 0.482 e. The Hall–Kier alpha value is -2.08. The second kappa shape index (κ2) is 6.13. The van der Waals surface area contributed by atoms with Crippen LogP contribution >= 0.6 is 0 Å². The van der Waals surface area contributed by atoms with E-state index in [1.54, 1.807) is 12.1 Å². The normalized spacial score (nSPS) is 20.4. The summed E-state index contributed by atoms with van der Waals surface area (Å²) in [6.45, 7) is 1.38. The van der Waals surface area contributed by atoms with Crippen LogP contribution in [-0.4, -0.2) is 37.7 Å². The number of fused-ring (bicyclic) bond motifs is 1. The van der Waals surface area contributed by atoms with Crippen LogP contribution in [0.25, 0.3) is 0 Å². The van der Waals surface area contributed by atoms with Crippen LogP contribution in [0, 0.1) is 0 Å². The van der Waals surface area contributed by atoms with Gasteiger partial charge in [-0.15, -0.1) is 0 Å².